The summed E-state index contributed by atoms with van der Waals surface area (Å²) in [6, 6.07) is 13.6. The van der Waals surface area contributed by atoms with E-state index in [0.29, 0.717) is 25.3 Å². The van der Waals surface area contributed by atoms with Gasteiger partial charge in [-0.3, -0.25) is 9.69 Å². The summed E-state index contributed by atoms with van der Waals surface area (Å²) in [5.41, 5.74) is 1.41. The maximum absolute atomic E-state index is 13.3. The molecule has 5 nitrogen and oxygen atoms in total. The van der Waals surface area contributed by atoms with Gasteiger partial charge in [-0.2, -0.15) is 0 Å². The molecule has 0 aliphatic carbocycles. The summed E-state index contributed by atoms with van der Waals surface area (Å²) in [5, 5.41) is 2.93. The summed E-state index contributed by atoms with van der Waals surface area (Å²) in [7, 11) is 1.63. The van der Waals surface area contributed by atoms with Crippen molar-refractivity contribution in [2.75, 3.05) is 40.0 Å². The fraction of sp³-hybridized carbons (Fsp3) is 0.350. The molecule has 0 bridgehead atoms. The summed E-state index contributed by atoms with van der Waals surface area (Å²) >= 11 is 0. The molecule has 1 fully saturated rings. The van der Waals surface area contributed by atoms with Gasteiger partial charge in [0.05, 0.1) is 26.4 Å². The van der Waals surface area contributed by atoms with Crippen LogP contribution >= 0.6 is 0 Å². The Labute approximate surface area is 152 Å². The second kappa shape index (κ2) is 8.78. The maximum atomic E-state index is 13.3. The van der Waals surface area contributed by atoms with Crippen LogP contribution in [-0.2, 0) is 4.74 Å². The molecule has 3 rings (SSSR count). The summed E-state index contributed by atoms with van der Waals surface area (Å²) in [4.78, 5) is 14.7. The number of morpholine rings is 1. The van der Waals surface area contributed by atoms with E-state index in [1.807, 2.05) is 24.3 Å². The van der Waals surface area contributed by atoms with Gasteiger partial charge in [-0.1, -0.05) is 18.2 Å². The second-order valence-electron chi connectivity index (χ2n) is 6.16. The van der Waals surface area contributed by atoms with Gasteiger partial charge in [0.1, 0.15) is 11.6 Å². The summed E-state index contributed by atoms with van der Waals surface area (Å²) in [5.74, 6) is 0.0899. The van der Waals surface area contributed by atoms with Gasteiger partial charge in [-0.05, 0) is 35.9 Å². The van der Waals surface area contributed by atoms with Crippen LogP contribution in [0.1, 0.15) is 22.0 Å². The van der Waals surface area contributed by atoms with Crippen molar-refractivity contribution in [2.45, 2.75) is 6.04 Å². The zero-order valence-electron chi connectivity index (χ0n) is 14.8. The molecular weight excluding hydrogens is 335 g/mol. The molecule has 1 heterocycles. The number of ether oxygens (including phenoxy) is 2. The monoisotopic (exact) mass is 358 g/mol. The zero-order valence-corrected chi connectivity index (χ0v) is 14.8. The molecule has 0 radical (unpaired) electrons. The van der Waals surface area contributed by atoms with Crippen molar-refractivity contribution in [3.63, 3.8) is 0 Å². The minimum Gasteiger partial charge on any atom is -0.497 e. The molecule has 1 atom stereocenters. The van der Waals surface area contributed by atoms with Gasteiger partial charge in [-0.15, -0.1) is 0 Å². The number of amides is 1. The minimum absolute atomic E-state index is 0.0160. The van der Waals surface area contributed by atoms with E-state index in [1.54, 1.807) is 13.2 Å². The Kier molecular flexibility index (Phi) is 6.20. The predicted octanol–water partition coefficient (Wildman–Crippen LogP) is 2.64. The Morgan fingerprint density at radius 3 is 2.62 bits per heavy atom. The predicted molar refractivity (Wildman–Crippen MR) is 96.9 cm³/mol. The molecule has 0 aromatic heterocycles. The van der Waals surface area contributed by atoms with Crippen LogP contribution < -0.4 is 10.1 Å². The number of nitrogens with zero attached hydrogens (tertiary/aromatic N) is 1. The first-order valence-corrected chi connectivity index (χ1v) is 8.67. The molecule has 1 N–H and O–H groups in total. The molecule has 26 heavy (non-hydrogen) atoms. The lowest BCUT2D eigenvalue weighted by molar-refractivity contribution is 0.0162. The maximum Gasteiger partial charge on any atom is 0.251 e. The Hall–Kier alpha value is -2.44. The van der Waals surface area contributed by atoms with E-state index in [0.717, 1.165) is 24.4 Å². The molecule has 6 heteroatoms. The molecule has 1 saturated heterocycles. The van der Waals surface area contributed by atoms with Crippen LogP contribution in [0.5, 0.6) is 5.75 Å². The molecule has 2 aromatic rings. The van der Waals surface area contributed by atoms with Crippen molar-refractivity contribution in [2.24, 2.45) is 0 Å². The Morgan fingerprint density at radius 1 is 1.23 bits per heavy atom. The molecule has 138 valence electrons. The first-order valence-electron chi connectivity index (χ1n) is 8.67. The summed E-state index contributed by atoms with van der Waals surface area (Å²) in [6.07, 6.45) is 0. The Bertz CT molecular complexity index is 730. The highest BCUT2D eigenvalue weighted by Gasteiger charge is 2.23. The molecular formula is C20H23FN2O3. The zero-order chi connectivity index (χ0) is 18.4. The van der Waals surface area contributed by atoms with Crippen molar-refractivity contribution in [1.29, 1.82) is 0 Å². The van der Waals surface area contributed by atoms with E-state index in [1.165, 1.54) is 18.2 Å². The molecule has 1 amide bonds. The number of carbonyl (C=O) groups is 1. The van der Waals surface area contributed by atoms with Crippen LogP contribution in [0, 0.1) is 5.82 Å². The largest absolute Gasteiger partial charge is 0.497 e. The third-order valence-corrected chi connectivity index (χ3v) is 4.53. The van der Waals surface area contributed by atoms with E-state index in [9.17, 15) is 9.18 Å². The van der Waals surface area contributed by atoms with Gasteiger partial charge in [0, 0.05) is 25.2 Å². The van der Waals surface area contributed by atoms with E-state index in [2.05, 4.69) is 10.2 Å². The lowest BCUT2D eigenvalue weighted by atomic mass is 10.0. The first kappa shape index (κ1) is 18.4. The Morgan fingerprint density at radius 2 is 1.96 bits per heavy atom. The van der Waals surface area contributed by atoms with E-state index >= 15 is 0 Å². The van der Waals surface area contributed by atoms with Crippen molar-refractivity contribution in [3.8, 4) is 5.75 Å². The number of benzene rings is 2. The number of halogens is 1. The quantitative estimate of drug-likeness (QED) is 0.863. The number of hydrogen-bond donors (Lipinski definition) is 1. The normalized spacial score (nSPS) is 16.1. The number of rotatable bonds is 6. The number of methoxy groups -OCH3 is 1. The number of hydrogen-bond acceptors (Lipinski definition) is 4. The lowest BCUT2D eigenvalue weighted by Gasteiger charge is -2.35. The third kappa shape index (κ3) is 4.59. The molecule has 0 unspecified atom stereocenters. The van der Waals surface area contributed by atoms with Gasteiger partial charge in [-0.25, -0.2) is 4.39 Å². The van der Waals surface area contributed by atoms with Crippen molar-refractivity contribution in [1.82, 2.24) is 10.2 Å². The Balaban J connectivity index is 1.73. The van der Waals surface area contributed by atoms with Crippen LogP contribution in [-0.4, -0.2) is 50.8 Å². The van der Waals surface area contributed by atoms with Crippen LogP contribution in [0.15, 0.2) is 48.5 Å². The summed E-state index contributed by atoms with van der Waals surface area (Å²) in [6.45, 7) is 3.37. The highest BCUT2D eigenvalue weighted by Crippen LogP contribution is 2.23. The van der Waals surface area contributed by atoms with Gasteiger partial charge in [0.15, 0.2) is 0 Å². The van der Waals surface area contributed by atoms with Gasteiger partial charge in [0.2, 0.25) is 0 Å². The molecule has 0 saturated carbocycles. The van der Waals surface area contributed by atoms with E-state index < -0.39 is 5.82 Å². The SMILES string of the molecule is COc1ccc([C@H](CNC(=O)c2cccc(F)c2)N2CCOCC2)cc1. The van der Waals surface area contributed by atoms with Crippen molar-refractivity contribution >= 4 is 5.91 Å². The lowest BCUT2D eigenvalue weighted by Crippen LogP contribution is -2.43. The van der Waals surface area contributed by atoms with Crippen LogP contribution in [0.2, 0.25) is 0 Å². The van der Waals surface area contributed by atoms with Crippen LogP contribution in [0.25, 0.3) is 0 Å². The topological polar surface area (TPSA) is 50.8 Å². The van der Waals surface area contributed by atoms with E-state index in [4.69, 9.17) is 9.47 Å². The first-order chi connectivity index (χ1) is 12.7. The summed E-state index contributed by atoms with van der Waals surface area (Å²) < 4.78 is 24.0. The highest BCUT2D eigenvalue weighted by molar-refractivity contribution is 5.94. The average molecular weight is 358 g/mol. The number of carbonyl (C=O) groups excluding carboxylic acids is 1. The van der Waals surface area contributed by atoms with Crippen molar-refractivity contribution in [3.05, 3.63) is 65.5 Å². The number of nitrogens with one attached hydrogen (secondary N) is 1. The molecule has 1 aliphatic rings. The van der Waals surface area contributed by atoms with Crippen molar-refractivity contribution < 1.29 is 18.7 Å². The third-order valence-electron chi connectivity index (χ3n) is 4.53. The smallest absolute Gasteiger partial charge is 0.251 e. The minimum atomic E-state index is -0.419. The fourth-order valence-corrected chi connectivity index (χ4v) is 3.09. The van der Waals surface area contributed by atoms with Gasteiger partial charge < -0.3 is 14.8 Å². The average Bonchev–Trinajstić information content (AvgIpc) is 2.69. The molecule has 1 aliphatic heterocycles. The van der Waals surface area contributed by atoms with Gasteiger partial charge >= 0.3 is 0 Å². The van der Waals surface area contributed by atoms with Crippen LogP contribution in [0.3, 0.4) is 0 Å². The molecule has 0 spiro atoms. The highest BCUT2D eigenvalue weighted by atomic mass is 19.1. The van der Waals surface area contributed by atoms with E-state index in [-0.39, 0.29) is 11.9 Å². The fourth-order valence-electron chi connectivity index (χ4n) is 3.09. The second-order valence-corrected chi connectivity index (χ2v) is 6.16. The standard InChI is InChI=1S/C20H23FN2O3/c1-25-18-7-5-15(6-8-18)19(23-9-11-26-12-10-23)14-22-20(24)16-3-2-4-17(21)13-16/h2-8,13,19H,9-12,14H2,1H3,(H,22,24)/t19-/m0/s1. The van der Waals surface area contributed by atoms with Gasteiger partial charge in [0.25, 0.3) is 5.91 Å². The van der Waals surface area contributed by atoms with Crippen LogP contribution in [0.4, 0.5) is 4.39 Å². The molecule has 2 aromatic carbocycles.